The van der Waals surface area contributed by atoms with Crippen LogP contribution in [-0.4, -0.2) is 30.5 Å². The minimum absolute atomic E-state index is 0.0403. The summed E-state index contributed by atoms with van der Waals surface area (Å²) in [5, 5.41) is 0. The highest BCUT2D eigenvalue weighted by atomic mass is 35.5. The Morgan fingerprint density at radius 3 is 1.64 bits per heavy atom. The van der Waals surface area contributed by atoms with Gasteiger partial charge in [-0.15, -0.1) is 0 Å². The molecular formula is C28H31ClO4. The Morgan fingerprint density at radius 2 is 1.12 bits per heavy atom. The van der Waals surface area contributed by atoms with Gasteiger partial charge in [0.15, 0.2) is 0 Å². The molecule has 33 heavy (non-hydrogen) atoms. The number of ether oxygens (including phenoxy) is 4. The molecule has 0 spiro atoms. The monoisotopic (exact) mass is 466 g/mol. The third kappa shape index (κ3) is 6.89. The van der Waals surface area contributed by atoms with Gasteiger partial charge in [0, 0.05) is 5.92 Å². The van der Waals surface area contributed by atoms with Crippen molar-refractivity contribution in [3.05, 3.63) is 108 Å². The first kappa shape index (κ1) is 23.9. The van der Waals surface area contributed by atoms with Gasteiger partial charge < -0.3 is 18.9 Å². The van der Waals surface area contributed by atoms with Gasteiger partial charge in [-0.05, 0) is 16.7 Å². The molecule has 0 bridgehead atoms. The van der Waals surface area contributed by atoms with Crippen LogP contribution >= 0.6 is 11.6 Å². The van der Waals surface area contributed by atoms with Gasteiger partial charge in [0.05, 0.1) is 32.5 Å². The van der Waals surface area contributed by atoms with Crippen LogP contribution < -0.4 is 0 Å². The van der Waals surface area contributed by atoms with Gasteiger partial charge >= 0.3 is 0 Å². The van der Waals surface area contributed by atoms with E-state index in [0.717, 1.165) is 16.7 Å². The van der Waals surface area contributed by atoms with Crippen molar-refractivity contribution in [2.45, 2.75) is 50.6 Å². The van der Waals surface area contributed by atoms with E-state index in [2.05, 4.69) is 24.3 Å². The molecule has 0 aliphatic carbocycles. The van der Waals surface area contributed by atoms with Crippen molar-refractivity contribution in [3.63, 3.8) is 0 Å². The van der Waals surface area contributed by atoms with Crippen LogP contribution in [-0.2, 0) is 38.8 Å². The van der Waals surface area contributed by atoms with E-state index in [1.807, 2.05) is 73.7 Å². The van der Waals surface area contributed by atoms with E-state index in [-0.39, 0.29) is 24.2 Å². The molecule has 3 aromatic carbocycles. The molecular weight excluding hydrogens is 436 g/mol. The molecule has 5 atom stereocenters. The number of benzene rings is 3. The number of rotatable bonds is 10. The number of halogens is 1. The molecule has 4 nitrogen and oxygen atoms in total. The predicted octanol–water partition coefficient (Wildman–Crippen LogP) is 5.97. The van der Waals surface area contributed by atoms with Crippen molar-refractivity contribution in [2.24, 2.45) is 5.92 Å². The van der Waals surface area contributed by atoms with Gasteiger partial charge in [-0.1, -0.05) is 110 Å². The fourth-order valence-corrected chi connectivity index (χ4v) is 4.29. The smallest absolute Gasteiger partial charge is 0.136 e. The highest BCUT2D eigenvalue weighted by molar-refractivity contribution is 6.20. The minimum atomic E-state index is -0.479. The summed E-state index contributed by atoms with van der Waals surface area (Å²) in [6.45, 7) is 3.88. The Morgan fingerprint density at radius 1 is 0.667 bits per heavy atom. The lowest BCUT2D eigenvalue weighted by molar-refractivity contribution is -0.226. The van der Waals surface area contributed by atoms with Crippen LogP contribution in [0.2, 0.25) is 0 Å². The molecule has 1 aliphatic rings. The highest BCUT2D eigenvalue weighted by Crippen LogP contribution is 2.33. The van der Waals surface area contributed by atoms with Crippen molar-refractivity contribution in [3.8, 4) is 0 Å². The van der Waals surface area contributed by atoms with Crippen molar-refractivity contribution < 1.29 is 18.9 Å². The lowest BCUT2D eigenvalue weighted by atomic mass is 9.93. The lowest BCUT2D eigenvalue weighted by Crippen LogP contribution is -2.55. The Bertz CT molecular complexity index is 938. The topological polar surface area (TPSA) is 36.9 Å². The molecule has 0 N–H and O–H groups in total. The molecule has 2 unspecified atom stereocenters. The fraction of sp³-hybridized carbons (Fsp3) is 0.357. The van der Waals surface area contributed by atoms with Crippen LogP contribution in [0.4, 0.5) is 0 Å². The fourth-order valence-electron chi connectivity index (χ4n) is 4.01. The van der Waals surface area contributed by atoms with E-state index in [1.165, 1.54) is 0 Å². The molecule has 3 aromatic rings. The summed E-state index contributed by atoms with van der Waals surface area (Å²) in [7, 11) is 0. The summed E-state index contributed by atoms with van der Waals surface area (Å²) in [4.78, 5) is 0. The summed E-state index contributed by atoms with van der Waals surface area (Å²) in [6, 6.07) is 30.4. The first-order chi connectivity index (χ1) is 16.2. The van der Waals surface area contributed by atoms with Gasteiger partial charge in [-0.25, -0.2) is 0 Å². The number of hydrogen-bond donors (Lipinski definition) is 0. The van der Waals surface area contributed by atoms with Gasteiger partial charge in [-0.2, -0.15) is 0 Å². The second-order valence-electron chi connectivity index (χ2n) is 8.41. The van der Waals surface area contributed by atoms with Gasteiger partial charge in [0.25, 0.3) is 0 Å². The molecule has 174 valence electrons. The summed E-state index contributed by atoms with van der Waals surface area (Å²) in [5.74, 6) is -0.0403. The highest BCUT2D eigenvalue weighted by Gasteiger charge is 2.44. The molecule has 1 fully saturated rings. The predicted molar refractivity (Wildman–Crippen MR) is 130 cm³/mol. The van der Waals surface area contributed by atoms with Crippen molar-refractivity contribution >= 4 is 11.6 Å². The average molecular weight is 467 g/mol. The number of hydrogen-bond acceptors (Lipinski definition) is 4. The zero-order valence-electron chi connectivity index (χ0n) is 18.9. The zero-order valence-corrected chi connectivity index (χ0v) is 19.6. The first-order valence-corrected chi connectivity index (χ1v) is 11.9. The van der Waals surface area contributed by atoms with E-state index in [0.29, 0.717) is 26.4 Å². The van der Waals surface area contributed by atoms with Crippen molar-refractivity contribution in [1.29, 1.82) is 0 Å². The van der Waals surface area contributed by atoms with Crippen LogP contribution in [0.3, 0.4) is 0 Å². The van der Waals surface area contributed by atoms with Gasteiger partial charge in [0.1, 0.15) is 17.8 Å². The molecule has 0 radical (unpaired) electrons. The maximum atomic E-state index is 6.60. The SMILES string of the molecule is CC1[C@H](Cl)OC(COCc2ccccc2)[C@H](OCc2ccccc2)[C@@H]1OCc1ccccc1. The molecule has 0 aromatic heterocycles. The van der Waals surface area contributed by atoms with E-state index < -0.39 is 5.56 Å². The standard InChI is InChI=1S/C28H31ClO4/c1-21-26(31-18-23-13-7-3-8-14-23)27(32-19-24-15-9-4-10-16-24)25(33-28(21)29)20-30-17-22-11-5-2-6-12-22/h2-16,21,25-28H,17-20H2,1H3/t21?,25?,26-,27+,28-/m1/s1. The Hall–Kier alpha value is -2.21. The van der Waals surface area contributed by atoms with E-state index in [1.54, 1.807) is 0 Å². The largest absolute Gasteiger partial charge is 0.374 e. The van der Waals surface area contributed by atoms with Crippen LogP contribution in [0.1, 0.15) is 23.6 Å². The van der Waals surface area contributed by atoms with Gasteiger partial charge in [0.2, 0.25) is 0 Å². The number of alkyl halides is 1. The van der Waals surface area contributed by atoms with Crippen LogP contribution in [0.5, 0.6) is 0 Å². The molecule has 4 rings (SSSR count). The molecule has 1 heterocycles. The zero-order chi connectivity index (χ0) is 22.9. The van der Waals surface area contributed by atoms with E-state index in [4.69, 9.17) is 30.5 Å². The van der Waals surface area contributed by atoms with Gasteiger partial charge in [-0.3, -0.25) is 0 Å². The molecule has 1 aliphatic heterocycles. The second kappa shape index (κ2) is 12.3. The maximum Gasteiger partial charge on any atom is 0.136 e. The van der Waals surface area contributed by atoms with Crippen molar-refractivity contribution in [2.75, 3.05) is 6.61 Å². The maximum absolute atomic E-state index is 6.60. The molecule has 0 saturated carbocycles. The normalized spacial score (nSPS) is 25.1. The minimum Gasteiger partial charge on any atom is -0.374 e. The van der Waals surface area contributed by atoms with Crippen LogP contribution in [0.25, 0.3) is 0 Å². The van der Waals surface area contributed by atoms with Crippen LogP contribution in [0, 0.1) is 5.92 Å². The summed E-state index contributed by atoms with van der Waals surface area (Å²) >= 11 is 6.60. The lowest BCUT2D eigenvalue weighted by Gasteiger charge is -2.43. The quantitative estimate of drug-likeness (QED) is 0.345. The average Bonchev–Trinajstić information content (AvgIpc) is 2.86. The van der Waals surface area contributed by atoms with E-state index >= 15 is 0 Å². The Labute approximate surface area is 201 Å². The first-order valence-electron chi connectivity index (χ1n) is 11.4. The third-order valence-electron chi connectivity index (χ3n) is 5.89. The summed E-state index contributed by atoms with van der Waals surface area (Å²) in [6.07, 6.45) is -0.873. The molecule has 1 saturated heterocycles. The Balaban J connectivity index is 1.46. The molecule has 5 heteroatoms. The van der Waals surface area contributed by atoms with Crippen LogP contribution in [0.15, 0.2) is 91.0 Å². The third-order valence-corrected chi connectivity index (χ3v) is 6.39. The summed E-state index contributed by atoms with van der Waals surface area (Å²) < 4.78 is 25.0. The Kier molecular flexibility index (Phi) is 8.93. The van der Waals surface area contributed by atoms with Crippen molar-refractivity contribution in [1.82, 2.24) is 0 Å². The summed E-state index contributed by atoms with van der Waals surface area (Å²) in [5.41, 5.74) is 2.85. The molecule has 0 amide bonds. The second-order valence-corrected chi connectivity index (χ2v) is 8.84. The van der Waals surface area contributed by atoms with E-state index in [9.17, 15) is 0 Å².